The Kier molecular flexibility index (Phi) is 9.43. The van der Waals surface area contributed by atoms with E-state index in [4.69, 9.17) is 0 Å². The van der Waals surface area contributed by atoms with Gasteiger partial charge in [0.25, 0.3) is 6.43 Å². The van der Waals surface area contributed by atoms with Crippen LogP contribution in [0.25, 0.3) is 0 Å². The van der Waals surface area contributed by atoms with Crippen LogP contribution >= 0.6 is 47.4 Å². The van der Waals surface area contributed by atoms with Crippen LogP contribution in [0, 0.1) is 3.57 Å². The van der Waals surface area contributed by atoms with E-state index in [1.165, 1.54) is 0 Å². The molecule has 2 nitrogen and oxygen atoms in total. The summed E-state index contributed by atoms with van der Waals surface area (Å²) in [5.41, 5.74) is 0.741. The number of halogens is 5. The van der Waals surface area contributed by atoms with Gasteiger partial charge >= 0.3 is 0 Å². The number of nitrogens with one attached hydrogen (secondary N) is 1. The molecule has 1 saturated heterocycles. The van der Waals surface area contributed by atoms with Crippen LogP contribution < -0.4 is 5.32 Å². The van der Waals surface area contributed by atoms with Crippen molar-refractivity contribution in [3.05, 3.63) is 33.4 Å². The summed E-state index contributed by atoms with van der Waals surface area (Å²) in [6.45, 7) is 2.93. The van der Waals surface area contributed by atoms with Crippen molar-refractivity contribution in [2.24, 2.45) is 0 Å². The molecule has 1 aromatic rings. The number of benzene rings is 1. The standard InChI is InChI=1S/C12H15F2IN2.2ClH/c13-12(14)11(17-7-5-16-6-8-17)9-3-1-2-4-10(9)15;;/h1-4,11-12,16H,5-8H2;2*1H/t11-;;/m0../s1. The number of nitrogens with zero attached hydrogens (tertiary/aromatic N) is 1. The molecule has 1 heterocycles. The van der Waals surface area contributed by atoms with Crippen molar-refractivity contribution in [2.45, 2.75) is 12.5 Å². The number of alkyl halides is 2. The lowest BCUT2D eigenvalue weighted by Gasteiger charge is -2.35. The second-order valence-corrected chi connectivity index (χ2v) is 5.25. The fraction of sp³-hybridized carbons (Fsp3) is 0.500. The molecular weight excluding hydrogens is 408 g/mol. The quantitative estimate of drug-likeness (QED) is 0.748. The van der Waals surface area contributed by atoms with Crippen LogP contribution in [0.3, 0.4) is 0 Å². The molecule has 0 bridgehead atoms. The number of hydrogen-bond acceptors (Lipinski definition) is 2. The topological polar surface area (TPSA) is 15.3 Å². The van der Waals surface area contributed by atoms with Crippen LogP contribution in [-0.2, 0) is 0 Å². The van der Waals surface area contributed by atoms with Gasteiger partial charge in [0, 0.05) is 29.7 Å². The predicted molar refractivity (Wildman–Crippen MR) is 86.8 cm³/mol. The van der Waals surface area contributed by atoms with Crippen molar-refractivity contribution < 1.29 is 8.78 Å². The highest BCUT2D eigenvalue weighted by molar-refractivity contribution is 14.1. The maximum absolute atomic E-state index is 13.3. The molecule has 19 heavy (non-hydrogen) atoms. The third-order valence-corrected chi connectivity index (χ3v) is 3.99. The van der Waals surface area contributed by atoms with E-state index in [0.29, 0.717) is 13.1 Å². The van der Waals surface area contributed by atoms with E-state index in [1.807, 2.05) is 23.1 Å². The maximum Gasteiger partial charge on any atom is 0.258 e. The fourth-order valence-corrected chi connectivity index (χ4v) is 2.87. The molecule has 1 aliphatic rings. The molecule has 0 aliphatic carbocycles. The molecule has 1 fully saturated rings. The molecule has 0 unspecified atom stereocenters. The highest BCUT2D eigenvalue weighted by atomic mass is 127. The minimum atomic E-state index is -2.34. The first-order valence-corrected chi connectivity index (χ1v) is 6.75. The molecule has 110 valence electrons. The van der Waals surface area contributed by atoms with Crippen molar-refractivity contribution in [1.29, 1.82) is 0 Å². The first-order chi connectivity index (χ1) is 8.20. The number of rotatable bonds is 3. The van der Waals surface area contributed by atoms with Crippen LogP contribution in [0.1, 0.15) is 11.6 Å². The Morgan fingerprint density at radius 3 is 2.21 bits per heavy atom. The van der Waals surface area contributed by atoms with Gasteiger partial charge in [-0.25, -0.2) is 8.78 Å². The van der Waals surface area contributed by atoms with Crippen LogP contribution in [0.5, 0.6) is 0 Å². The maximum atomic E-state index is 13.3. The van der Waals surface area contributed by atoms with E-state index < -0.39 is 12.5 Å². The summed E-state index contributed by atoms with van der Waals surface area (Å²) >= 11 is 2.13. The van der Waals surface area contributed by atoms with Gasteiger partial charge in [0.2, 0.25) is 0 Å². The highest BCUT2D eigenvalue weighted by Gasteiger charge is 2.31. The SMILES string of the molecule is Cl.Cl.FC(F)[C@H](c1ccccc1I)N1CCNCC1. The van der Waals surface area contributed by atoms with Gasteiger partial charge in [-0.15, -0.1) is 24.8 Å². The fourth-order valence-electron chi connectivity index (χ4n) is 2.17. The number of piperazine rings is 1. The van der Waals surface area contributed by atoms with Gasteiger partial charge in [0.05, 0.1) is 6.04 Å². The van der Waals surface area contributed by atoms with Gasteiger partial charge in [0.1, 0.15) is 0 Å². The summed E-state index contributed by atoms with van der Waals surface area (Å²) in [6.07, 6.45) is -2.34. The Morgan fingerprint density at radius 1 is 1.11 bits per heavy atom. The molecule has 7 heteroatoms. The van der Waals surface area contributed by atoms with Gasteiger partial charge in [-0.2, -0.15) is 0 Å². The van der Waals surface area contributed by atoms with Gasteiger partial charge in [-0.05, 0) is 34.2 Å². The lowest BCUT2D eigenvalue weighted by atomic mass is 10.1. The Morgan fingerprint density at radius 2 is 1.68 bits per heavy atom. The minimum Gasteiger partial charge on any atom is -0.314 e. The molecule has 1 N–H and O–H groups in total. The normalized spacial score (nSPS) is 17.5. The first kappa shape index (κ1) is 19.3. The smallest absolute Gasteiger partial charge is 0.258 e. The molecule has 1 aromatic carbocycles. The van der Waals surface area contributed by atoms with Gasteiger partial charge in [0.15, 0.2) is 0 Å². The average Bonchev–Trinajstić information content (AvgIpc) is 2.33. The number of hydrogen-bond donors (Lipinski definition) is 1. The predicted octanol–water partition coefficient (Wildman–Crippen LogP) is 3.35. The zero-order valence-electron chi connectivity index (χ0n) is 10.2. The second-order valence-electron chi connectivity index (χ2n) is 4.09. The molecule has 0 aromatic heterocycles. The average molecular weight is 425 g/mol. The summed E-state index contributed by atoms with van der Waals surface area (Å²) in [4.78, 5) is 1.87. The zero-order chi connectivity index (χ0) is 12.3. The summed E-state index contributed by atoms with van der Waals surface area (Å²) in [7, 11) is 0. The van der Waals surface area contributed by atoms with E-state index in [2.05, 4.69) is 27.9 Å². The summed E-state index contributed by atoms with van der Waals surface area (Å²) < 4.78 is 27.5. The van der Waals surface area contributed by atoms with E-state index in [-0.39, 0.29) is 24.8 Å². The van der Waals surface area contributed by atoms with Crippen LogP contribution in [0.4, 0.5) is 8.78 Å². The molecule has 2 rings (SSSR count). The van der Waals surface area contributed by atoms with E-state index in [0.717, 1.165) is 22.2 Å². The summed E-state index contributed by atoms with van der Waals surface area (Å²) in [5.74, 6) is 0. The van der Waals surface area contributed by atoms with Crippen molar-refractivity contribution in [3.8, 4) is 0 Å². The van der Waals surface area contributed by atoms with Crippen LogP contribution in [0.15, 0.2) is 24.3 Å². The van der Waals surface area contributed by atoms with Crippen LogP contribution in [-0.4, -0.2) is 37.5 Å². The Balaban J connectivity index is 0.00000162. The van der Waals surface area contributed by atoms with Crippen molar-refractivity contribution in [3.63, 3.8) is 0 Å². The van der Waals surface area contributed by atoms with Gasteiger partial charge in [-0.1, -0.05) is 18.2 Å². The Hall–Kier alpha value is 0.310. The molecule has 0 saturated carbocycles. The van der Waals surface area contributed by atoms with E-state index in [1.54, 1.807) is 6.07 Å². The van der Waals surface area contributed by atoms with Crippen molar-refractivity contribution >= 4 is 47.4 Å². The third-order valence-electron chi connectivity index (χ3n) is 3.01. The summed E-state index contributed by atoms with van der Waals surface area (Å²) in [5, 5.41) is 3.19. The van der Waals surface area contributed by atoms with E-state index in [9.17, 15) is 8.78 Å². The van der Waals surface area contributed by atoms with Crippen molar-refractivity contribution in [2.75, 3.05) is 26.2 Å². The van der Waals surface area contributed by atoms with E-state index >= 15 is 0 Å². The van der Waals surface area contributed by atoms with Crippen LogP contribution in [0.2, 0.25) is 0 Å². The third kappa shape index (κ3) is 4.97. The lowest BCUT2D eigenvalue weighted by Crippen LogP contribution is -2.47. The Bertz CT molecular complexity index is 377. The lowest BCUT2D eigenvalue weighted by molar-refractivity contribution is 0.0178. The van der Waals surface area contributed by atoms with Gasteiger partial charge in [-0.3, -0.25) is 4.90 Å². The molecular formula is C12H17Cl2F2IN2. The van der Waals surface area contributed by atoms with Gasteiger partial charge < -0.3 is 5.32 Å². The molecule has 0 spiro atoms. The first-order valence-electron chi connectivity index (χ1n) is 5.67. The molecule has 0 radical (unpaired) electrons. The van der Waals surface area contributed by atoms with Crippen molar-refractivity contribution in [1.82, 2.24) is 10.2 Å². The second kappa shape index (κ2) is 9.28. The molecule has 1 atom stereocenters. The highest BCUT2D eigenvalue weighted by Crippen LogP contribution is 2.30. The Labute approximate surface area is 138 Å². The minimum absolute atomic E-state index is 0. The molecule has 0 amide bonds. The monoisotopic (exact) mass is 424 g/mol. The molecule has 1 aliphatic heterocycles. The summed E-state index contributed by atoms with van der Waals surface area (Å²) in [6, 6.07) is 6.62. The zero-order valence-corrected chi connectivity index (χ0v) is 14.0. The largest absolute Gasteiger partial charge is 0.314 e.